The van der Waals surface area contributed by atoms with E-state index in [1.54, 1.807) is 11.7 Å². The lowest BCUT2D eigenvalue weighted by atomic mass is 10.1. The van der Waals surface area contributed by atoms with Gasteiger partial charge in [0.05, 0.1) is 13.2 Å². The number of aromatic hydroxyl groups is 1. The lowest BCUT2D eigenvalue weighted by Gasteiger charge is -2.28. The summed E-state index contributed by atoms with van der Waals surface area (Å²) >= 11 is 0. The lowest BCUT2D eigenvalue weighted by Crippen LogP contribution is -2.33. The number of piperidine rings is 1. The molecule has 0 bridgehead atoms. The highest BCUT2D eigenvalue weighted by Crippen LogP contribution is 2.26. The number of fused-ring (bicyclic) bond motifs is 1. The van der Waals surface area contributed by atoms with Crippen molar-refractivity contribution in [1.82, 2.24) is 24.4 Å². The second-order valence-electron chi connectivity index (χ2n) is 7.67. The monoisotopic (exact) mass is 430 g/mol. The highest BCUT2D eigenvalue weighted by Gasteiger charge is 2.19. The number of methoxy groups -OCH3 is 1. The number of alkyl halides is 1. The van der Waals surface area contributed by atoms with Gasteiger partial charge in [0.15, 0.2) is 17.0 Å². The fraction of sp³-hybridized carbons (Fsp3) is 0.476. The topological polar surface area (TPSA) is 112 Å². The van der Waals surface area contributed by atoms with Gasteiger partial charge in [0, 0.05) is 26.7 Å². The van der Waals surface area contributed by atoms with Crippen LogP contribution in [0.15, 0.2) is 24.3 Å². The summed E-state index contributed by atoms with van der Waals surface area (Å²) in [5.74, 6) is 0.136. The Morgan fingerprint density at radius 3 is 2.61 bits per heavy atom. The molecule has 3 heterocycles. The standard InChI is InChI=1S/C21H27FN6O3/c1-30-9-10-31-20-25-18(23)17-19(26-20)28(21(29)24-17)13-15-4-2-3-14(11-15)12-27-7-5-16(22)6-8-27/h2-4,11,16H,5-10,12-13H2,1H3,(H,24,29)(H2,23,25,26). The first-order valence-electron chi connectivity index (χ1n) is 10.3. The van der Waals surface area contributed by atoms with Gasteiger partial charge >= 0.3 is 6.01 Å². The van der Waals surface area contributed by atoms with E-state index in [4.69, 9.17) is 15.2 Å². The van der Waals surface area contributed by atoms with Crippen LogP contribution < -0.4 is 10.5 Å². The normalized spacial score (nSPS) is 15.5. The molecule has 1 fully saturated rings. The second-order valence-corrected chi connectivity index (χ2v) is 7.67. The van der Waals surface area contributed by atoms with Crippen LogP contribution in [0.3, 0.4) is 0 Å². The smallest absolute Gasteiger partial charge is 0.320 e. The number of imidazole rings is 1. The Labute approximate surface area is 179 Å². The zero-order chi connectivity index (χ0) is 21.8. The molecule has 31 heavy (non-hydrogen) atoms. The van der Waals surface area contributed by atoms with Crippen molar-refractivity contribution in [3.8, 4) is 12.0 Å². The number of likely N-dealkylation sites (tertiary alicyclic amines) is 1. The average molecular weight is 430 g/mol. The maximum Gasteiger partial charge on any atom is 0.320 e. The lowest BCUT2D eigenvalue weighted by molar-refractivity contribution is 0.141. The number of nitrogens with two attached hydrogens (primary N) is 1. The van der Waals surface area contributed by atoms with Crippen molar-refractivity contribution >= 4 is 17.0 Å². The third-order valence-corrected chi connectivity index (χ3v) is 5.35. The second kappa shape index (κ2) is 9.44. The molecular formula is C21H27FN6O3. The summed E-state index contributed by atoms with van der Waals surface area (Å²) in [5.41, 5.74) is 8.82. The summed E-state index contributed by atoms with van der Waals surface area (Å²) < 4.78 is 25.4. The molecule has 2 aromatic heterocycles. The number of anilines is 1. The van der Waals surface area contributed by atoms with Gasteiger partial charge in [0.1, 0.15) is 12.8 Å². The van der Waals surface area contributed by atoms with E-state index < -0.39 is 6.17 Å². The molecule has 10 heteroatoms. The summed E-state index contributed by atoms with van der Waals surface area (Å²) in [4.78, 5) is 14.8. The number of aromatic nitrogens is 4. The molecule has 1 saturated heterocycles. The number of benzene rings is 1. The molecule has 1 aliphatic rings. The van der Waals surface area contributed by atoms with Crippen molar-refractivity contribution in [3.05, 3.63) is 35.4 Å². The largest absolute Gasteiger partial charge is 0.480 e. The minimum Gasteiger partial charge on any atom is -0.480 e. The van der Waals surface area contributed by atoms with Crippen molar-refractivity contribution in [3.63, 3.8) is 0 Å². The number of hydrogen-bond donors (Lipinski definition) is 2. The fourth-order valence-electron chi connectivity index (χ4n) is 3.74. The van der Waals surface area contributed by atoms with Crippen LogP contribution in [0.25, 0.3) is 11.2 Å². The van der Waals surface area contributed by atoms with Crippen LogP contribution >= 0.6 is 0 Å². The van der Waals surface area contributed by atoms with Gasteiger partial charge in [-0.25, -0.2) is 4.39 Å². The summed E-state index contributed by atoms with van der Waals surface area (Å²) in [6, 6.07) is 7.99. The van der Waals surface area contributed by atoms with Gasteiger partial charge in [0.2, 0.25) is 0 Å². The molecule has 0 spiro atoms. The third-order valence-electron chi connectivity index (χ3n) is 5.35. The highest BCUT2D eigenvalue weighted by molar-refractivity contribution is 5.83. The molecule has 1 aromatic carbocycles. The van der Waals surface area contributed by atoms with Gasteiger partial charge < -0.3 is 20.3 Å². The molecule has 166 valence electrons. The van der Waals surface area contributed by atoms with Gasteiger partial charge in [-0.2, -0.15) is 15.0 Å². The van der Waals surface area contributed by atoms with Crippen LogP contribution in [0, 0.1) is 0 Å². The number of nitrogen functional groups attached to an aromatic ring is 1. The van der Waals surface area contributed by atoms with Gasteiger partial charge in [-0.3, -0.25) is 9.47 Å². The number of hydrogen-bond acceptors (Lipinski definition) is 8. The first kappa shape index (κ1) is 21.3. The van der Waals surface area contributed by atoms with Crippen LogP contribution in [0.5, 0.6) is 12.0 Å². The molecule has 0 atom stereocenters. The van der Waals surface area contributed by atoms with Crippen molar-refractivity contribution in [2.75, 3.05) is 39.1 Å². The summed E-state index contributed by atoms with van der Waals surface area (Å²) in [5, 5.41) is 10.4. The molecule has 1 aliphatic heterocycles. The molecule has 4 rings (SSSR count). The third kappa shape index (κ3) is 5.02. The van der Waals surface area contributed by atoms with E-state index in [2.05, 4.69) is 32.0 Å². The van der Waals surface area contributed by atoms with Gasteiger partial charge in [-0.1, -0.05) is 24.3 Å². The maximum absolute atomic E-state index is 13.4. The first-order valence-corrected chi connectivity index (χ1v) is 10.3. The number of rotatable bonds is 8. The van der Waals surface area contributed by atoms with Gasteiger partial charge in [-0.15, -0.1) is 0 Å². The number of nitrogens with zero attached hydrogens (tertiary/aromatic N) is 5. The Kier molecular flexibility index (Phi) is 6.47. The molecule has 0 aliphatic carbocycles. The number of halogens is 1. The zero-order valence-electron chi connectivity index (χ0n) is 17.5. The molecule has 3 N–H and O–H groups in total. The molecule has 9 nitrogen and oxygen atoms in total. The Hall–Kier alpha value is -2.98. The minimum atomic E-state index is -0.683. The minimum absolute atomic E-state index is 0.105. The Balaban J connectivity index is 1.54. The maximum atomic E-state index is 13.4. The predicted molar refractivity (Wildman–Crippen MR) is 114 cm³/mol. The van der Waals surface area contributed by atoms with Crippen molar-refractivity contribution < 1.29 is 19.0 Å². The quantitative estimate of drug-likeness (QED) is 0.523. The molecule has 3 aromatic rings. The Morgan fingerprint density at radius 2 is 1.87 bits per heavy atom. The molecule has 0 amide bonds. The van der Waals surface area contributed by atoms with Gasteiger partial charge in [0.25, 0.3) is 6.01 Å². The van der Waals surface area contributed by atoms with E-state index in [1.165, 1.54) is 0 Å². The van der Waals surface area contributed by atoms with Crippen LogP contribution in [0.4, 0.5) is 10.2 Å². The van der Waals surface area contributed by atoms with Crippen LogP contribution in [-0.4, -0.2) is 69.1 Å². The van der Waals surface area contributed by atoms with Crippen molar-refractivity contribution in [1.29, 1.82) is 0 Å². The molecule has 0 unspecified atom stereocenters. The highest BCUT2D eigenvalue weighted by atomic mass is 19.1. The van der Waals surface area contributed by atoms with E-state index >= 15 is 0 Å². The summed E-state index contributed by atoms with van der Waals surface area (Å²) in [7, 11) is 1.58. The van der Waals surface area contributed by atoms with E-state index in [0.29, 0.717) is 37.2 Å². The van der Waals surface area contributed by atoms with Crippen molar-refractivity contribution in [2.24, 2.45) is 0 Å². The average Bonchev–Trinajstić information content (AvgIpc) is 3.06. The van der Waals surface area contributed by atoms with E-state index in [1.807, 2.05) is 12.1 Å². The SMILES string of the molecule is COCCOc1nc(N)c2nc(O)n(Cc3cccc(CN4CCC(F)CC4)c3)c2n1. The van der Waals surface area contributed by atoms with E-state index in [9.17, 15) is 9.50 Å². The zero-order valence-corrected chi connectivity index (χ0v) is 17.5. The van der Waals surface area contributed by atoms with Crippen LogP contribution in [0.1, 0.15) is 24.0 Å². The Bertz CT molecular complexity index is 1040. The summed E-state index contributed by atoms with van der Waals surface area (Å²) in [6.07, 6.45) is 0.493. The molecule has 0 radical (unpaired) electrons. The number of ether oxygens (including phenoxy) is 2. The van der Waals surface area contributed by atoms with E-state index in [0.717, 1.165) is 30.8 Å². The Morgan fingerprint density at radius 1 is 1.13 bits per heavy atom. The predicted octanol–water partition coefficient (Wildman–Crippen LogP) is 2.12. The first-order chi connectivity index (χ1) is 15.0. The van der Waals surface area contributed by atoms with Crippen LogP contribution in [-0.2, 0) is 17.8 Å². The fourth-order valence-corrected chi connectivity index (χ4v) is 3.74. The van der Waals surface area contributed by atoms with Crippen LogP contribution in [0.2, 0.25) is 0 Å². The van der Waals surface area contributed by atoms with Crippen molar-refractivity contribution in [2.45, 2.75) is 32.1 Å². The van der Waals surface area contributed by atoms with Gasteiger partial charge in [-0.05, 0) is 24.0 Å². The van der Waals surface area contributed by atoms with E-state index in [-0.39, 0.29) is 24.4 Å². The summed E-state index contributed by atoms with van der Waals surface area (Å²) in [6.45, 7) is 3.33. The molecular weight excluding hydrogens is 403 g/mol. The molecule has 0 saturated carbocycles.